The van der Waals surface area contributed by atoms with E-state index in [2.05, 4.69) is 6.07 Å². The molecule has 3 unspecified atom stereocenters. The summed E-state index contributed by atoms with van der Waals surface area (Å²) in [5, 5.41) is 58.4. The molecular weight excluding hydrogens is 1000 g/mol. The Morgan fingerprint density at radius 2 is 0.633 bits per heavy atom. The molecule has 0 aromatic heterocycles. The summed E-state index contributed by atoms with van der Waals surface area (Å²) in [5.74, 6) is 2.75. The van der Waals surface area contributed by atoms with E-state index < -0.39 is 11.8 Å². The zero-order valence-electron chi connectivity index (χ0n) is 45.3. The Morgan fingerprint density at radius 1 is 0.342 bits per heavy atom. The molecule has 0 saturated heterocycles. The highest BCUT2D eigenvalue weighted by atomic mass is 16.5. The summed E-state index contributed by atoms with van der Waals surface area (Å²) in [5.41, 5.74) is 8.32. The van der Waals surface area contributed by atoms with E-state index >= 15 is 0 Å². The van der Waals surface area contributed by atoms with Crippen LogP contribution in [-0.2, 0) is 13.2 Å². The Morgan fingerprint density at radius 3 is 1.00 bits per heavy atom. The Labute approximate surface area is 464 Å². The molecule has 0 fully saturated rings. The summed E-state index contributed by atoms with van der Waals surface area (Å²) in [6, 6.07) is 52.9. The molecule has 0 amide bonds. The highest BCUT2D eigenvalue weighted by Gasteiger charge is 2.31. The van der Waals surface area contributed by atoms with Crippen molar-refractivity contribution >= 4 is 0 Å². The van der Waals surface area contributed by atoms with Gasteiger partial charge in [0.2, 0.25) is 0 Å². The van der Waals surface area contributed by atoms with Crippen LogP contribution in [0.4, 0.5) is 0 Å². The first kappa shape index (κ1) is 61.3. The van der Waals surface area contributed by atoms with Crippen molar-refractivity contribution < 1.29 is 68.5 Å². The molecule has 6 N–H and O–H groups in total. The van der Waals surface area contributed by atoms with Gasteiger partial charge in [-0.15, -0.1) is 0 Å². The molecular formula is C65H74O14. The number of aromatic hydroxyl groups is 3. The topological polar surface area (TPSA) is 195 Å². The number of ether oxygens (including phenoxy) is 8. The van der Waals surface area contributed by atoms with E-state index in [1.165, 1.54) is 39.5 Å². The number of hydrogen-bond donors (Lipinski definition) is 6. The Hall–Kier alpha value is -8.56. The fourth-order valence-corrected chi connectivity index (χ4v) is 9.35. The molecule has 14 heteroatoms. The summed E-state index contributed by atoms with van der Waals surface area (Å²) >= 11 is 0. The number of aliphatic hydroxyl groups is 3. The van der Waals surface area contributed by atoms with Gasteiger partial charge in [0.15, 0.2) is 57.5 Å². The lowest BCUT2D eigenvalue weighted by molar-refractivity contribution is 0.253. The van der Waals surface area contributed by atoms with Crippen molar-refractivity contribution in [2.75, 3.05) is 63.0 Å². The van der Waals surface area contributed by atoms with Crippen LogP contribution in [0, 0.1) is 6.92 Å². The predicted molar refractivity (Wildman–Crippen MR) is 307 cm³/mol. The van der Waals surface area contributed by atoms with Crippen LogP contribution < -0.4 is 37.9 Å². The van der Waals surface area contributed by atoms with Crippen LogP contribution in [0.15, 0.2) is 170 Å². The average Bonchev–Trinajstić information content (AvgIpc) is 3.52. The van der Waals surface area contributed by atoms with Gasteiger partial charge in [0.05, 0.1) is 55.9 Å². The first-order chi connectivity index (χ1) is 38.0. The monoisotopic (exact) mass is 1080 g/mol. The van der Waals surface area contributed by atoms with Crippen LogP contribution in [0.2, 0.25) is 0 Å². The van der Waals surface area contributed by atoms with Crippen molar-refractivity contribution in [3.63, 3.8) is 0 Å². The Kier molecular flexibility index (Phi) is 23.6. The minimum Gasteiger partial charge on any atom is -0.504 e. The van der Waals surface area contributed by atoms with Crippen molar-refractivity contribution in [2.45, 2.75) is 51.2 Å². The van der Waals surface area contributed by atoms with Gasteiger partial charge in [-0.1, -0.05) is 111 Å². The fraction of sp³-hybridized carbons (Fsp3) is 0.262. The zero-order valence-corrected chi connectivity index (χ0v) is 45.3. The molecule has 0 aliphatic carbocycles. The van der Waals surface area contributed by atoms with E-state index in [0.29, 0.717) is 53.5 Å². The third kappa shape index (κ3) is 15.3. The molecule has 8 rings (SSSR count). The van der Waals surface area contributed by atoms with Gasteiger partial charge in [-0.3, -0.25) is 0 Å². The van der Waals surface area contributed by atoms with Crippen LogP contribution in [0.3, 0.4) is 0 Å². The van der Waals surface area contributed by atoms with Crippen molar-refractivity contribution in [1.29, 1.82) is 0 Å². The third-order valence-electron chi connectivity index (χ3n) is 13.4. The molecule has 0 aliphatic rings. The maximum atomic E-state index is 11.0. The summed E-state index contributed by atoms with van der Waals surface area (Å²) < 4.78 is 45.3. The van der Waals surface area contributed by atoms with E-state index in [0.717, 1.165) is 62.9 Å². The molecule has 0 saturated carbocycles. The first-order valence-corrected chi connectivity index (χ1v) is 25.1. The van der Waals surface area contributed by atoms with Crippen LogP contribution in [0.5, 0.6) is 63.2 Å². The lowest BCUT2D eigenvalue weighted by Gasteiger charge is -2.29. The van der Waals surface area contributed by atoms with Crippen molar-refractivity contribution in [3.05, 3.63) is 220 Å². The largest absolute Gasteiger partial charge is 0.504 e. The van der Waals surface area contributed by atoms with Gasteiger partial charge in [0.1, 0.15) is 19.0 Å². The molecule has 0 bridgehead atoms. The van der Waals surface area contributed by atoms with Gasteiger partial charge in [0, 0.05) is 30.8 Å². The molecule has 418 valence electrons. The smallest absolute Gasteiger partial charge is 0.161 e. The predicted octanol–water partition coefficient (Wildman–Crippen LogP) is 12.1. The molecule has 0 spiro atoms. The Bertz CT molecular complexity index is 3080. The quantitative estimate of drug-likeness (QED) is 0.0375. The molecule has 8 aromatic rings. The van der Waals surface area contributed by atoms with E-state index in [9.17, 15) is 25.5 Å². The van der Waals surface area contributed by atoms with Gasteiger partial charge < -0.3 is 68.5 Å². The fourth-order valence-electron chi connectivity index (χ4n) is 9.35. The van der Waals surface area contributed by atoms with Gasteiger partial charge in [0.25, 0.3) is 0 Å². The number of benzene rings is 8. The van der Waals surface area contributed by atoms with Crippen molar-refractivity contribution in [2.24, 2.45) is 0 Å². The molecule has 0 aliphatic heterocycles. The molecule has 0 heterocycles. The summed E-state index contributed by atoms with van der Waals surface area (Å²) in [4.78, 5) is 0. The number of aryl methyl sites for hydroxylation is 1. The lowest BCUT2D eigenvalue weighted by atomic mass is 9.77. The van der Waals surface area contributed by atoms with E-state index in [1.807, 2.05) is 116 Å². The van der Waals surface area contributed by atoms with Gasteiger partial charge >= 0.3 is 0 Å². The van der Waals surface area contributed by atoms with E-state index in [4.69, 9.17) is 43.0 Å². The van der Waals surface area contributed by atoms with Crippen LogP contribution in [-0.4, -0.2) is 93.6 Å². The van der Waals surface area contributed by atoms with E-state index in [-0.39, 0.29) is 49.7 Å². The maximum absolute atomic E-state index is 11.0. The maximum Gasteiger partial charge on any atom is 0.161 e. The molecule has 0 radical (unpaired) electrons. The number of hydrogen-bond acceptors (Lipinski definition) is 14. The van der Waals surface area contributed by atoms with Gasteiger partial charge in [-0.25, -0.2) is 0 Å². The van der Waals surface area contributed by atoms with Gasteiger partial charge in [-0.05, 0) is 124 Å². The van der Waals surface area contributed by atoms with Crippen molar-refractivity contribution in [3.8, 4) is 63.2 Å². The normalized spacial score (nSPS) is 11.7. The van der Waals surface area contributed by atoms with Crippen molar-refractivity contribution in [1.82, 2.24) is 0 Å². The SMILES string of the molecule is C.CO.COc1cc(C(CO)C(c2ccc(O)c(OC)c2)c2ccc(O)c(OC)c2)ccc1O.COc1cc(C(c2ccc(OCc3ccccc3)c(OC)c2)C(CO)c2ccc(OCc3ccccc3)c(OC)c2)ccc1C. The highest BCUT2D eigenvalue weighted by Crippen LogP contribution is 2.46. The number of aliphatic hydroxyl groups excluding tert-OH is 3. The number of phenolic OH excluding ortho intramolecular Hbond substituents is 3. The second kappa shape index (κ2) is 30.4. The standard InChI is InChI=1S/C39H40O6.C24H26O7.CH4O.CH4/c1-27-15-16-31(22-36(27)41-2)39(32-18-20-35(38(23-32)43-4)45-26-29-13-9-6-10-14-29)33(24-40)30-17-19-34(37(21-30)42-3)44-25-28-11-7-5-8-12-28;1-29-21-10-14(4-7-18(21)26)17(13-25)24(15-5-8-19(27)22(11-15)30-2)16-6-9-20(28)23(12-16)31-3;1-2;/h5-23,33,39-40H,24-26H2,1-4H3;4-12,17,24-28H,13H2,1-3H3;2H,1H3;1H4. The summed E-state index contributed by atoms with van der Waals surface area (Å²) in [6.07, 6.45) is 0. The second-order valence-electron chi connectivity index (χ2n) is 17.9. The van der Waals surface area contributed by atoms with E-state index in [1.54, 1.807) is 57.7 Å². The van der Waals surface area contributed by atoms with Crippen LogP contribution >= 0.6 is 0 Å². The summed E-state index contributed by atoms with van der Waals surface area (Å²) in [6.45, 7) is 2.53. The van der Waals surface area contributed by atoms with Gasteiger partial charge in [-0.2, -0.15) is 0 Å². The molecule has 79 heavy (non-hydrogen) atoms. The Balaban J connectivity index is 0.000000296. The average molecular weight is 1080 g/mol. The zero-order chi connectivity index (χ0) is 56.1. The number of rotatable bonds is 22. The summed E-state index contributed by atoms with van der Waals surface area (Å²) in [7, 11) is 10.3. The lowest BCUT2D eigenvalue weighted by Crippen LogP contribution is -2.17. The minimum atomic E-state index is -0.446. The van der Waals surface area contributed by atoms with Crippen LogP contribution in [0.1, 0.15) is 81.2 Å². The highest BCUT2D eigenvalue weighted by molar-refractivity contribution is 5.54. The second-order valence-corrected chi connectivity index (χ2v) is 17.9. The number of methoxy groups -OCH3 is 6. The minimum absolute atomic E-state index is 0. The first-order valence-electron chi connectivity index (χ1n) is 25.1. The van der Waals surface area contributed by atoms with Crippen LogP contribution in [0.25, 0.3) is 0 Å². The molecule has 3 atom stereocenters. The number of phenols is 3. The molecule has 14 nitrogen and oxygen atoms in total. The third-order valence-corrected chi connectivity index (χ3v) is 13.4. The molecule has 8 aromatic carbocycles.